The molecule has 0 atom stereocenters. The molecule has 0 radical (unpaired) electrons. The molecule has 0 aliphatic carbocycles. The first kappa shape index (κ1) is 10.4. The van der Waals surface area contributed by atoms with Crippen molar-refractivity contribution >= 4 is 29.0 Å². The quantitative estimate of drug-likeness (QED) is 0.639. The van der Waals surface area contributed by atoms with Crippen molar-refractivity contribution in [2.45, 2.75) is 16.7 Å². The van der Waals surface area contributed by atoms with Crippen LogP contribution >= 0.6 is 11.8 Å². The first-order valence-corrected chi connectivity index (χ1v) is 6.16. The Kier molecular flexibility index (Phi) is 2.37. The van der Waals surface area contributed by atoms with Crippen LogP contribution in [0.3, 0.4) is 0 Å². The molecule has 1 aromatic carbocycles. The van der Waals surface area contributed by atoms with Crippen molar-refractivity contribution in [3.8, 4) is 0 Å². The van der Waals surface area contributed by atoms with Crippen LogP contribution < -0.4 is 5.32 Å². The fourth-order valence-corrected chi connectivity index (χ4v) is 2.96. The second-order valence-corrected chi connectivity index (χ2v) is 4.94. The molecule has 0 amide bonds. The summed E-state index contributed by atoms with van der Waals surface area (Å²) in [7, 11) is 0. The Morgan fingerprint density at radius 2 is 2.12 bits per heavy atom. The van der Waals surface area contributed by atoms with Gasteiger partial charge in [-0.25, -0.2) is 4.98 Å². The zero-order chi connectivity index (χ0) is 11.8. The molecule has 1 aromatic heterocycles. The van der Waals surface area contributed by atoms with Crippen molar-refractivity contribution in [3.05, 3.63) is 42.1 Å². The normalized spacial score (nSPS) is 12.3. The number of fused-ring (bicyclic) bond motifs is 2. The highest BCUT2D eigenvalue weighted by molar-refractivity contribution is 7.99. The lowest BCUT2D eigenvalue weighted by atomic mass is 10.2. The maximum Gasteiger partial charge on any atom is 0.145 e. The fourth-order valence-electron chi connectivity index (χ4n) is 1.83. The summed E-state index contributed by atoms with van der Waals surface area (Å²) in [6.07, 6.45) is 1.74. The molecule has 1 aliphatic heterocycles. The van der Waals surface area contributed by atoms with Gasteiger partial charge in [0.1, 0.15) is 5.82 Å². The van der Waals surface area contributed by atoms with E-state index >= 15 is 0 Å². The summed E-state index contributed by atoms with van der Waals surface area (Å²) in [4.78, 5) is 6.55. The average Bonchev–Trinajstić information content (AvgIpc) is 2.35. The highest BCUT2D eigenvalue weighted by atomic mass is 32.2. The van der Waals surface area contributed by atoms with Crippen LogP contribution in [0.25, 0.3) is 0 Å². The van der Waals surface area contributed by atoms with Gasteiger partial charge in [-0.1, -0.05) is 23.9 Å². The number of para-hydroxylation sites is 1. The summed E-state index contributed by atoms with van der Waals surface area (Å²) < 4.78 is 0. The standard InChI is InChI=1S/C13H11N3S/c1-8(14)9-6-7-15-13-12(9)17-11-5-3-2-4-10(11)16-13/h2-7,14H,1H3,(H,15,16). The van der Waals surface area contributed by atoms with E-state index in [1.165, 1.54) is 4.90 Å². The molecule has 0 spiro atoms. The molecule has 3 rings (SSSR count). The van der Waals surface area contributed by atoms with Crippen molar-refractivity contribution in [1.29, 1.82) is 5.41 Å². The smallest absolute Gasteiger partial charge is 0.145 e. The number of nitrogens with one attached hydrogen (secondary N) is 2. The topological polar surface area (TPSA) is 48.8 Å². The van der Waals surface area contributed by atoms with Gasteiger partial charge in [0, 0.05) is 22.4 Å². The molecule has 0 unspecified atom stereocenters. The number of anilines is 2. The monoisotopic (exact) mass is 241 g/mol. The van der Waals surface area contributed by atoms with E-state index in [0.29, 0.717) is 5.71 Å². The Morgan fingerprint density at radius 3 is 2.94 bits per heavy atom. The van der Waals surface area contributed by atoms with Crippen LogP contribution in [-0.2, 0) is 0 Å². The molecule has 84 valence electrons. The predicted molar refractivity (Wildman–Crippen MR) is 70.6 cm³/mol. The van der Waals surface area contributed by atoms with Crippen LogP contribution in [0.2, 0.25) is 0 Å². The number of aromatic nitrogens is 1. The summed E-state index contributed by atoms with van der Waals surface area (Å²) in [5.74, 6) is 0.845. The zero-order valence-corrected chi connectivity index (χ0v) is 10.1. The number of hydrogen-bond acceptors (Lipinski definition) is 4. The van der Waals surface area contributed by atoms with Gasteiger partial charge >= 0.3 is 0 Å². The van der Waals surface area contributed by atoms with E-state index in [9.17, 15) is 0 Å². The first-order chi connectivity index (χ1) is 8.25. The third-order valence-corrected chi connectivity index (χ3v) is 3.85. The molecule has 0 saturated carbocycles. The molecule has 0 fully saturated rings. The van der Waals surface area contributed by atoms with Crippen LogP contribution in [0.5, 0.6) is 0 Å². The van der Waals surface area contributed by atoms with Crippen molar-refractivity contribution < 1.29 is 0 Å². The minimum Gasteiger partial charge on any atom is -0.338 e. The van der Waals surface area contributed by atoms with Crippen molar-refractivity contribution in [1.82, 2.24) is 4.98 Å². The largest absolute Gasteiger partial charge is 0.338 e. The van der Waals surface area contributed by atoms with Crippen LogP contribution in [0.15, 0.2) is 46.3 Å². The van der Waals surface area contributed by atoms with E-state index < -0.39 is 0 Å². The third-order valence-electron chi connectivity index (χ3n) is 2.66. The maximum absolute atomic E-state index is 7.79. The van der Waals surface area contributed by atoms with Gasteiger partial charge in [-0.15, -0.1) is 0 Å². The lowest BCUT2D eigenvalue weighted by molar-refractivity contribution is 1.18. The lowest BCUT2D eigenvalue weighted by Crippen LogP contribution is -2.06. The molecule has 2 heterocycles. The summed E-state index contributed by atoms with van der Waals surface area (Å²) >= 11 is 1.67. The van der Waals surface area contributed by atoms with E-state index in [-0.39, 0.29) is 0 Å². The molecule has 2 aromatic rings. The molecule has 2 N–H and O–H groups in total. The maximum atomic E-state index is 7.79. The van der Waals surface area contributed by atoms with Crippen LogP contribution in [0, 0.1) is 5.41 Å². The lowest BCUT2D eigenvalue weighted by Gasteiger charge is -2.21. The van der Waals surface area contributed by atoms with Gasteiger partial charge in [0.2, 0.25) is 0 Å². The van der Waals surface area contributed by atoms with E-state index in [2.05, 4.69) is 16.4 Å². The third kappa shape index (κ3) is 1.70. The molecule has 1 aliphatic rings. The van der Waals surface area contributed by atoms with E-state index in [4.69, 9.17) is 5.41 Å². The van der Waals surface area contributed by atoms with Crippen LogP contribution in [-0.4, -0.2) is 10.7 Å². The van der Waals surface area contributed by atoms with Crippen LogP contribution in [0.1, 0.15) is 12.5 Å². The van der Waals surface area contributed by atoms with E-state index in [1.54, 1.807) is 24.9 Å². The Labute approximate surface area is 104 Å². The Hall–Kier alpha value is -1.81. The van der Waals surface area contributed by atoms with Gasteiger partial charge < -0.3 is 10.7 Å². The zero-order valence-electron chi connectivity index (χ0n) is 9.32. The number of hydrogen-bond donors (Lipinski definition) is 2. The molecular weight excluding hydrogens is 230 g/mol. The average molecular weight is 241 g/mol. The molecule has 0 saturated heterocycles. The summed E-state index contributed by atoms with van der Waals surface area (Å²) in [5.41, 5.74) is 2.59. The minimum atomic E-state index is 0.567. The SMILES string of the molecule is CC(=N)c1ccnc2c1Sc1ccccc1N2. The molecular formula is C13H11N3S. The fraction of sp³-hybridized carbons (Fsp3) is 0.0769. The first-order valence-electron chi connectivity index (χ1n) is 5.34. The van der Waals surface area contributed by atoms with Crippen molar-refractivity contribution in [2.24, 2.45) is 0 Å². The number of pyridine rings is 1. The van der Waals surface area contributed by atoms with Gasteiger partial charge in [-0.05, 0) is 25.1 Å². The summed E-state index contributed by atoms with van der Waals surface area (Å²) in [6, 6.07) is 10.0. The summed E-state index contributed by atoms with van der Waals surface area (Å²) in [6.45, 7) is 1.80. The minimum absolute atomic E-state index is 0.567. The number of rotatable bonds is 1. The molecule has 17 heavy (non-hydrogen) atoms. The Bertz CT molecular complexity index is 607. The molecule has 0 bridgehead atoms. The van der Waals surface area contributed by atoms with E-state index in [0.717, 1.165) is 22.0 Å². The number of benzene rings is 1. The van der Waals surface area contributed by atoms with Gasteiger partial charge in [0.05, 0.1) is 10.6 Å². The summed E-state index contributed by atoms with van der Waals surface area (Å²) in [5, 5.41) is 11.1. The molecule has 3 nitrogen and oxygen atoms in total. The van der Waals surface area contributed by atoms with Crippen molar-refractivity contribution in [3.63, 3.8) is 0 Å². The highest BCUT2D eigenvalue weighted by Gasteiger charge is 2.19. The molecule has 4 heteroatoms. The Balaban J connectivity index is 2.15. The van der Waals surface area contributed by atoms with Gasteiger partial charge in [-0.3, -0.25) is 0 Å². The Morgan fingerprint density at radius 1 is 1.29 bits per heavy atom. The van der Waals surface area contributed by atoms with Crippen LogP contribution in [0.4, 0.5) is 11.5 Å². The van der Waals surface area contributed by atoms with Gasteiger partial charge in [0.15, 0.2) is 0 Å². The predicted octanol–water partition coefficient (Wildman–Crippen LogP) is 3.68. The van der Waals surface area contributed by atoms with E-state index in [1.807, 2.05) is 24.3 Å². The van der Waals surface area contributed by atoms with Crippen molar-refractivity contribution in [2.75, 3.05) is 5.32 Å². The van der Waals surface area contributed by atoms with Gasteiger partial charge in [0.25, 0.3) is 0 Å². The number of nitrogens with zero attached hydrogens (tertiary/aromatic N) is 1. The second-order valence-electron chi connectivity index (χ2n) is 3.88. The second kappa shape index (κ2) is 3.89. The highest BCUT2D eigenvalue weighted by Crippen LogP contribution is 2.44. The van der Waals surface area contributed by atoms with Gasteiger partial charge in [-0.2, -0.15) is 0 Å².